The van der Waals surface area contributed by atoms with E-state index in [0.29, 0.717) is 10.6 Å². The maximum Gasteiger partial charge on any atom is 0.342 e. The fourth-order valence-electron chi connectivity index (χ4n) is 1.55. The van der Waals surface area contributed by atoms with Crippen LogP contribution in [0.15, 0.2) is 34.1 Å². The number of hydrogen-bond acceptors (Lipinski definition) is 6. The van der Waals surface area contributed by atoms with Crippen LogP contribution in [0.1, 0.15) is 20.0 Å². The van der Waals surface area contributed by atoms with Gasteiger partial charge in [-0.1, -0.05) is 0 Å². The third kappa shape index (κ3) is 3.83. The number of benzene rings is 1. The van der Waals surface area contributed by atoms with Crippen molar-refractivity contribution in [3.8, 4) is 11.5 Å². The molecule has 0 aliphatic heterocycles. The van der Waals surface area contributed by atoms with Gasteiger partial charge >= 0.3 is 5.97 Å². The summed E-state index contributed by atoms with van der Waals surface area (Å²) in [5.41, 5.74) is -0.0467. The lowest BCUT2D eigenvalue weighted by Crippen LogP contribution is -2.13. The number of ketones is 1. The molecule has 0 saturated heterocycles. The molecule has 0 atom stereocenters. The first-order valence-corrected chi connectivity index (χ1v) is 7.45. The van der Waals surface area contributed by atoms with Gasteiger partial charge in [-0.3, -0.25) is 4.79 Å². The molecule has 5 nitrogen and oxygen atoms in total. The molecular formula is C14H11BrO5S. The monoisotopic (exact) mass is 370 g/mol. The first-order chi connectivity index (χ1) is 10.0. The lowest BCUT2D eigenvalue weighted by atomic mass is 10.2. The van der Waals surface area contributed by atoms with Crippen LogP contribution in [0.5, 0.6) is 11.5 Å². The van der Waals surface area contributed by atoms with Crippen molar-refractivity contribution < 1.29 is 24.2 Å². The molecule has 0 aliphatic rings. The predicted octanol–water partition coefficient (Wildman–Crippen LogP) is 3.26. The van der Waals surface area contributed by atoms with Crippen molar-refractivity contribution in [2.45, 2.75) is 0 Å². The van der Waals surface area contributed by atoms with Gasteiger partial charge in [-0.25, -0.2) is 4.79 Å². The molecule has 2 aromatic rings. The van der Waals surface area contributed by atoms with E-state index >= 15 is 0 Å². The molecule has 1 aromatic heterocycles. The van der Waals surface area contributed by atoms with Crippen molar-refractivity contribution in [3.05, 3.63) is 44.6 Å². The maximum atomic E-state index is 11.9. The van der Waals surface area contributed by atoms with E-state index in [9.17, 15) is 14.7 Å². The highest BCUT2D eigenvalue weighted by molar-refractivity contribution is 9.11. The highest BCUT2D eigenvalue weighted by atomic mass is 79.9. The molecule has 1 aromatic carbocycles. The van der Waals surface area contributed by atoms with Crippen LogP contribution in [0.25, 0.3) is 0 Å². The topological polar surface area (TPSA) is 72.8 Å². The van der Waals surface area contributed by atoms with E-state index in [0.717, 1.165) is 3.79 Å². The number of carbonyl (C=O) groups is 2. The summed E-state index contributed by atoms with van der Waals surface area (Å²) in [6.07, 6.45) is 0. The standard InChI is InChI=1S/C14H11BrO5S/c1-19-8-2-3-10(16)9(6-8)14(18)20-7-11(17)12-4-5-13(15)21-12/h2-6,16H,7H2,1H3. The zero-order chi connectivity index (χ0) is 15.4. The average molecular weight is 371 g/mol. The number of rotatable bonds is 5. The number of carbonyl (C=O) groups excluding carboxylic acids is 2. The molecule has 1 heterocycles. The Hall–Kier alpha value is -1.86. The second-order valence-corrected chi connectivity index (χ2v) is 6.45. The number of methoxy groups -OCH3 is 1. The lowest BCUT2D eigenvalue weighted by Gasteiger charge is -2.07. The first-order valence-electron chi connectivity index (χ1n) is 5.84. The summed E-state index contributed by atoms with van der Waals surface area (Å²) in [7, 11) is 1.44. The Morgan fingerprint density at radius 3 is 2.67 bits per heavy atom. The van der Waals surface area contributed by atoms with Gasteiger partial charge in [0.05, 0.1) is 15.8 Å². The van der Waals surface area contributed by atoms with Crippen molar-refractivity contribution in [1.29, 1.82) is 0 Å². The summed E-state index contributed by atoms with van der Waals surface area (Å²) in [4.78, 5) is 24.2. The summed E-state index contributed by atoms with van der Waals surface area (Å²) < 4.78 is 10.7. The van der Waals surface area contributed by atoms with Crippen molar-refractivity contribution >= 4 is 39.0 Å². The van der Waals surface area contributed by atoms with E-state index in [2.05, 4.69) is 15.9 Å². The number of halogens is 1. The van der Waals surface area contributed by atoms with Gasteiger partial charge in [0.1, 0.15) is 17.1 Å². The fourth-order valence-corrected chi connectivity index (χ4v) is 2.86. The third-order valence-corrected chi connectivity index (χ3v) is 4.27. The fraction of sp³-hybridized carbons (Fsp3) is 0.143. The molecule has 21 heavy (non-hydrogen) atoms. The molecule has 0 saturated carbocycles. The van der Waals surface area contributed by atoms with Gasteiger partial charge in [0.15, 0.2) is 6.61 Å². The van der Waals surface area contributed by atoms with Crippen molar-refractivity contribution in [1.82, 2.24) is 0 Å². The molecule has 7 heteroatoms. The third-order valence-electron chi connectivity index (χ3n) is 2.61. The molecule has 0 amide bonds. The number of hydrogen-bond donors (Lipinski definition) is 1. The van der Waals surface area contributed by atoms with Crippen LogP contribution in [0.2, 0.25) is 0 Å². The highest BCUT2D eigenvalue weighted by Gasteiger charge is 2.17. The number of thiophene rings is 1. The van der Waals surface area contributed by atoms with E-state index in [-0.39, 0.29) is 23.7 Å². The maximum absolute atomic E-state index is 11.9. The minimum atomic E-state index is -0.782. The normalized spacial score (nSPS) is 10.2. The molecule has 0 unspecified atom stereocenters. The van der Waals surface area contributed by atoms with Crippen LogP contribution in [0.4, 0.5) is 0 Å². The SMILES string of the molecule is COc1ccc(O)c(C(=O)OCC(=O)c2ccc(Br)s2)c1. The Kier molecular flexibility index (Phi) is 4.98. The van der Waals surface area contributed by atoms with Crippen LogP contribution in [-0.4, -0.2) is 30.6 Å². The van der Waals surface area contributed by atoms with Crippen LogP contribution in [0, 0.1) is 0 Å². The minimum Gasteiger partial charge on any atom is -0.507 e. The van der Waals surface area contributed by atoms with E-state index in [4.69, 9.17) is 9.47 Å². The first kappa shape index (κ1) is 15.5. The number of phenolic OH excluding ortho intramolecular Hbond substituents is 1. The van der Waals surface area contributed by atoms with E-state index in [1.54, 1.807) is 12.1 Å². The molecule has 0 spiro atoms. The molecule has 1 N–H and O–H groups in total. The molecule has 110 valence electrons. The number of aromatic hydroxyl groups is 1. The predicted molar refractivity (Wildman–Crippen MR) is 81.3 cm³/mol. The molecule has 2 rings (SSSR count). The quantitative estimate of drug-likeness (QED) is 0.645. The summed E-state index contributed by atoms with van der Waals surface area (Å²) in [6.45, 7) is -0.386. The van der Waals surface area contributed by atoms with Crippen molar-refractivity contribution in [2.24, 2.45) is 0 Å². The highest BCUT2D eigenvalue weighted by Crippen LogP contribution is 2.24. The van der Waals surface area contributed by atoms with E-state index < -0.39 is 5.97 Å². The van der Waals surface area contributed by atoms with Crippen LogP contribution >= 0.6 is 27.3 Å². The van der Waals surface area contributed by atoms with Gasteiger partial charge in [-0.2, -0.15) is 0 Å². The number of Topliss-reactive ketones (excluding diaryl/α,β-unsaturated/α-hetero) is 1. The lowest BCUT2D eigenvalue weighted by molar-refractivity contribution is 0.0472. The second kappa shape index (κ2) is 6.73. The van der Waals surface area contributed by atoms with Gasteiger partial charge in [0, 0.05) is 0 Å². The Morgan fingerprint density at radius 1 is 1.29 bits per heavy atom. The summed E-state index contributed by atoms with van der Waals surface area (Å²) >= 11 is 4.51. The molecule has 0 radical (unpaired) electrons. The minimum absolute atomic E-state index is 0.0467. The second-order valence-electron chi connectivity index (χ2n) is 3.99. The molecular weight excluding hydrogens is 360 g/mol. The zero-order valence-electron chi connectivity index (χ0n) is 11.0. The van der Waals surface area contributed by atoms with Crippen LogP contribution in [0.3, 0.4) is 0 Å². The largest absolute Gasteiger partial charge is 0.507 e. The Bertz CT molecular complexity index is 680. The Balaban J connectivity index is 2.03. The Labute approximate surface area is 133 Å². The number of esters is 1. The summed E-state index contributed by atoms with van der Waals surface area (Å²) in [6, 6.07) is 7.58. The van der Waals surface area contributed by atoms with Crippen LogP contribution < -0.4 is 4.74 Å². The Morgan fingerprint density at radius 2 is 2.05 bits per heavy atom. The van der Waals surface area contributed by atoms with Gasteiger partial charge in [0.25, 0.3) is 0 Å². The number of phenols is 1. The van der Waals surface area contributed by atoms with Crippen LogP contribution in [-0.2, 0) is 4.74 Å². The van der Waals surface area contributed by atoms with E-state index in [1.807, 2.05) is 0 Å². The molecule has 0 bridgehead atoms. The van der Waals surface area contributed by atoms with Gasteiger partial charge in [-0.05, 0) is 46.3 Å². The summed E-state index contributed by atoms with van der Waals surface area (Å²) in [5.74, 6) is -0.905. The van der Waals surface area contributed by atoms with E-state index in [1.165, 1.54) is 36.6 Å². The average Bonchev–Trinajstić information content (AvgIpc) is 2.91. The molecule has 0 aliphatic carbocycles. The van der Waals surface area contributed by atoms with Crippen molar-refractivity contribution in [2.75, 3.05) is 13.7 Å². The van der Waals surface area contributed by atoms with Gasteiger partial charge in [-0.15, -0.1) is 11.3 Å². The van der Waals surface area contributed by atoms with Crippen molar-refractivity contribution in [3.63, 3.8) is 0 Å². The molecule has 0 fully saturated rings. The zero-order valence-corrected chi connectivity index (χ0v) is 13.4. The summed E-state index contributed by atoms with van der Waals surface area (Å²) in [5, 5.41) is 9.64. The smallest absolute Gasteiger partial charge is 0.342 e. The number of ether oxygens (including phenoxy) is 2. The van der Waals surface area contributed by atoms with Gasteiger partial charge < -0.3 is 14.6 Å². The van der Waals surface area contributed by atoms with Gasteiger partial charge in [0.2, 0.25) is 5.78 Å².